The quantitative estimate of drug-likeness (QED) is 0.838. The average Bonchev–Trinajstić information content (AvgIpc) is 2.35. The third-order valence-electron chi connectivity index (χ3n) is 2.41. The summed E-state index contributed by atoms with van der Waals surface area (Å²) in [5.74, 6) is 0.830. The van der Waals surface area contributed by atoms with E-state index in [1.54, 1.807) is 14.2 Å². The highest BCUT2D eigenvalue weighted by Gasteiger charge is 2.09. The molecule has 17 heavy (non-hydrogen) atoms. The number of nitrogens with one attached hydrogen (secondary N) is 2. The maximum absolute atomic E-state index is 11.2. The lowest BCUT2D eigenvalue weighted by Crippen LogP contribution is -2.40. The molecule has 1 rings (SSSR count). The van der Waals surface area contributed by atoms with Crippen molar-refractivity contribution in [1.82, 2.24) is 10.6 Å². The molecule has 2 N–H and O–H groups in total. The molecule has 0 bridgehead atoms. The van der Waals surface area contributed by atoms with Crippen LogP contribution in [-0.4, -0.2) is 26.1 Å². The Morgan fingerprint density at radius 3 is 2.41 bits per heavy atom. The molecule has 0 saturated carbocycles. The van der Waals surface area contributed by atoms with Crippen LogP contribution in [0.2, 0.25) is 0 Å². The zero-order chi connectivity index (χ0) is 12.0. The van der Waals surface area contributed by atoms with Crippen molar-refractivity contribution in [1.29, 1.82) is 0 Å². The van der Waals surface area contributed by atoms with E-state index in [-0.39, 0.29) is 24.4 Å². The molecule has 0 aliphatic carbocycles. The molecule has 0 aliphatic heterocycles. The fourth-order valence-electron chi connectivity index (χ4n) is 1.32. The van der Waals surface area contributed by atoms with Crippen molar-refractivity contribution in [3.63, 3.8) is 0 Å². The van der Waals surface area contributed by atoms with E-state index in [0.717, 1.165) is 11.3 Å². The Bertz CT molecular complexity index is 341. The Morgan fingerprint density at radius 1 is 1.35 bits per heavy atom. The van der Waals surface area contributed by atoms with Crippen LogP contribution < -0.4 is 15.4 Å². The van der Waals surface area contributed by atoms with Gasteiger partial charge in [-0.3, -0.25) is 4.79 Å². The predicted octanol–water partition coefficient (Wildman–Crippen LogP) is 1.34. The molecule has 0 aromatic heterocycles. The van der Waals surface area contributed by atoms with Crippen LogP contribution in [0.3, 0.4) is 0 Å². The Morgan fingerprint density at radius 2 is 1.94 bits per heavy atom. The van der Waals surface area contributed by atoms with Gasteiger partial charge in [0, 0.05) is 13.6 Å². The number of hydrogen-bond donors (Lipinski definition) is 2. The molecule has 0 radical (unpaired) electrons. The topological polar surface area (TPSA) is 50.4 Å². The minimum absolute atomic E-state index is 0. The number of halogens is 1. The summed E-state index contributed by atoms with van der Waals surface area (Å²) in [6.07, 6.45) is 0. The van der Waals surface area contributed by atoms with E-state index in [0.29, 0.717) is 6.54 Å². The second-order valence-corrected chi connectivity index (χ2v) is 3.56. The first-order valence-electron chi connectivity index (χ1n) is 5.25. The van der Waals surface area contributed by atoms with Gasteiger partial charge in [0.2, 0.25) is 5.91 Å². The van der Waals surface area contributed by atoms with E-state index in [9.17, 15) is 4.79 Å². The number of carbonyl (C=O) groups is 1. The molecule has 1 aromatic rings. The van der Waals surface area contributed by atoms with Crippen molar-refractivity contribution in [2.75, 3.05) is 14.2 Å². The fraction of sp³-hybridized carbons (Fsp3) is 0.417. The molecule has 0 fully saturated rings. The maximum Gasteiger partial charge on any atom is 0.236 e. The smallest absolute Gasteiger partial charge is 0.236 e. The van der Waals surface area contributed by atoms with Gasteiger partial charge in [-0.1, -0.05) is 12.1 Å². The number of carbonyl (C=O) groups excluding carboxylic acids is 1. The lowest BCUT2D eigenvalue weighted by Gasteiger charge is -2.12. The summed E-state index contributed by atoms with van der Waals surface area (Å²) in [6, 6.07) is 7.57. The van der Waals surface area contributed by atoms with Gasteiger partial charge in [0.15, 0.2) is 0 Å². The Kier molecular flexibility index (Phi) is 7.34. The molecule has 1 aromatic carbocycles. The molecular formula is C12H19ClN2O2. The molecule has 5 heteroatoms. The van der Waals surface area contributed by atoms with Gasteiger partial charge in [-0.25, -0.2) is 0 Å². The van der Waals surface area contributed by atoms with Crippen molar-refractivity contribution in [2.24, 2.45) is 0 Å². The molecule has 0 heterocycles. The number of rotatable bonds is 5. The first kappa shape index (κ1) is 15.7. The molecule has 0 unspecified atom stereocenters. The highest BCUT2D eigenvalue weighted by atomic mass is 35.5. The average molecular weight is 259 g/mol. The first-order chi connectivity index (χ1) is 7.67. The summed E-state index contributed by atoms with van der Waals surface area (Å²) in [7, 11) is 3.27. The summed E-state index contributed by atoms with van der Waals surface area (Å²) in [6.45, 7) is 2.50. The maximum atomic E-state index is 11.2. The van der Waals surface area contributed by atoms with Crippen molar-refractivity contribution >= 4 is 18.3 Å². The molecule has 0 aliphatic rings. The van der Waals surface area contributed by atoms with Crippen LogP contribution in [0.25, 0.3) is 0 Å². The van der Waals surface area contributed by atoms with Gasteiger partial charge >= 0.3 is 0 Å². The van der Waals surface area contributed by atoms with Crippen molar-refractivity contribution in [3.8, 4) is 5.75 Å². The monoisotopic (exact) mass is 258 g/mol. The van der Waals surface area contributed by atoms with Crippen LogP contribution >= 0.6 is 12.4 Å². The molecule has 96 valence electrons. The van der Waals surface area contributed by atoms with Gasteiger partial charge < -0.3 is 15.4 Å². The normalized spacial score (nSPS) is 11.2. The summed E-state index contributed by atoms with van der Waals surface area (Å²) in [5.41, 5.74) is 1.12. The van der Waals surface area contributed by atoms with Gasteiger partial charge in [-0.2, -0.15) is 0 Å². The Balaban J connectivity index is 0.00000256. The van der Waals surface area contributed by atoms with E-state index in [2.05, 4.69) is 10.6 Å². The minimum Gasteiger partial charge on any atom is -0.497 e. The third-order valence-corrected chi connectivity index (χ3v) is 2.41. The van der Waals surface area contributed by atoms with E-state index < -0.39 is 0 Å². The van der Waals surface area contributed by atoms with Gasteiger partial charge in [-0.15, -0.1) is 12.4 Å². The minimum atomic E-state index is -0.188. The Hall–Kier alpha value is -1.26. The highest BCUT2D eigenvalue weighted by molar-refractivity contribution is 5.85. The van der Waals surface area contributed by atoms with E-state index in [1.807, 2.05) is 31.2 Å². The Labute approximate surface area is 108 Å². The van der Waals surface area contributed by atoms with Crippen LogP contribution in [0.5, 0.6) is 5.75 Å². The van der Waals surface area contributed by atoms with Crippen LogP contribution in [0.15, 0.2) is 24.3 Å². The number of likely N-dealkylation sites (N-methyl/N-ethyl adjacent to an activating group) is 1. The second kappa shape index (κ2) is 7.92. The van der Waals surface area contributed by atoms with E-state index in [4.69, 9.17) is 4.74 Å². The zero-order valence-corrected chi connectivity index (χ0v) is 11.1. The van der Waals surface area contributed by atoms with Crippen LogP contribution in [0.1, 0.15) is 12.5 Å². The molecule has 1 amide bonds. The molecule has 0 saturated heterocycles. The number of benzene rings is 1. The summed E-state index contributed by atoms with van der Waals surface area (Å²) in [5, 5.41) is 5.73. The summed E-state index contributed by atoms with van der Waals surface area (Å²) < 4.78 is 5.07. The number of methoxy groups -OCH3 is 1. The molecule has 0 spiro atoms. The van der Waals surface area contributed by atoms with Gasteiger partial charge in [0.1, 0.15) is 5.75 Å². The molecular weight excluding hydrogens is 240 g/mol. The number of hydrogen-bond acceptors (Lipinski definition) is 3. The lowest BCUT2D eigenvalue weighted by molar-refractivity contribution is -0.122. The van der Waals surface area contributed by atoms with Crippen molar-refractivity contribution in [2.45, 2.75) is 19.5 Å². The van der Waals surface area contributed by atoms with E-state index in [1.165, 1.54) is 0 Å². The zero-order valence-electron chi connectivity index (χ0n) is 10.3. The standard InChI is InChI=1S/C12H18N2O2.ClH/c1-9(12(15)13-2)14-8-10-4-6-11(16-3)7-5-10;/h4-7,9,14H,8H2,1-3H3,(H,13,15);1H/t9-;/m1./s1. The third kappa shape index (κ3) is 5.06. The molecule has 1 atom stereocenters. The number of ether oxygens (including phenoxy) is 1. The second-order valence-electron chi connectivity index (χ2n) is 3.56. The summed E-state index contributed by atoms with van der Waals surface area (Å²) >= 11 is 0. The van der Waals surface area contributed by atoms with Gasteiger partial charge in [-0.05, 0) is 24.6 Å². The molecule has 4 nitrogen and oxygen atoms in total. The van der Waals surface area contributed by atoms with Gasteiger partial charge in [0.05, 0.1) is 13.2 Å². The van der Waals surface area contributed by atoms with Gasteiger partial charge in [0.25, 0.3) is 0 Å². The van der Waals surface area contributed by atoms with E-state index >= 15 is 0 Å². The highest BCUT2D eigenvalue weighted by Crippen LogP contribution is 2.10. The first-order valence-corrected chi connectivity index (χ1v) is 5.25. The lowest BCUT2D eigenvalue weighted by atomic mass is 10.2. The summed E-state index contributed by atoms with van der Waals surface area (Å²) in [4.78, 5) is 11.2. The predicted molar refractivity (Wildman–Crippen MR) is 70.6 cm³/mol. The number of amides is 1. The van der Waals surface area contributed by atoms with Crippen LogP contribution in [0, 0.1) is 0 Å². The van der Waals surface area contributed by atoms with Crippen molar-refractivity contribution in [3.05, 3.63) is 29.8 Å². The van der Waals surface area contributed by atoms with Crippen LogP contribution in [-0.2, 0) is 11.3 Å². The SMILES string of the molecule is CNC(=O)[C@@H](C)NCc1ccc(OC)cc1.Cl. The van der Waals surface area contributed by atoms with Crippen LogP contribution in [0.4, 0.5) is 0 Å². The van der Waals surface area contributed by atoms with Crippen molar-refractivity contribution < 1.29 is 9.53 Å². The fourth-order valence-corrected chi connectivity index (χ4v) is 1.32. The largest absolute Gasteiger partial charge is 0.497 e.